The van der Waals surface area contributed by atoms with E-state index in [0.29, 0.717) is 20.1 Å². The van der Waals surface area contributed by atoms with Gasteiger partial charge in [0.1, 0.15) is 0 Å². The third kappa shape index (κ3) is 3.33. The van der Waals surface area contributed by atoms with Crippen molar-refractivity contribution in [1.29, 1.82) is 0 Å². The summed E-state index contributed by atoms with van der Waals surface area (Å²) >= 11 is 6.28. The van der Waals surface area contributed by atoms with E-state index in [1.165, 1.54) is 12.1 Å². The highest BCUT2D eigenvalue weighted by Gasteiger charge is 2.19. The number of hydrogen-bond donors (Lipinski definition) is 0. The molecule has 0 aliphatic heterocycles. The molecule has 0 saturated carbocycles. The third-order valence-corrected chi connectivity index (χ3v) is 4.67. The summed E-state index contributed by atoms with van der Waals surface area (Å²) in [6.45, 7) is 1.85. The summed E-state index contributed by atoms with van der Waals surface area (Å²) in [5.41, 5.74) is 1.37. The summed E-state index contributed by atoms with van der Waals surface area (Å²) in [5, 5.41) is 22.0. The van der Waals surface area contributed by atoms with Gasteiger partial charge in [-0.1, -0.05) is 19.1 Å². The molecule has 0 radical (unpaired) electrons. The normalized spacial score (nSPS) is 10.7. The Bertz CT molecular complexity index is 701. The molecule has 0 unspecified atom stereocenters. The van der Waals surface area contributed by atoms with Gasteiger partial charge in [-0.05, 0) is 55.1 Å². The van der Waals surface area contributed by atoms with E-state index in [0.717, 1.165) is 0 Å². The lowest BCUT2D eigenvalue weighted by atomic mass is 9.92. The molecule has 114 valence electrons. The molecule has 6 nitrogen and oxygen atoms in total. The van der Waals surface area contributed by atoms with Crippen LogP contribution >= 0.6 is 31.9 Å². The first kappa shape index (κ1) is 16.6. The quantitative estimate of drug-likeness (QED) is 0.494. The van der Waals surface area contributed by atoms with E-state index in [-0.39, 0.29) is 17.3 Å². The molecule has 0 aliphatic rings. The Morgan fingerprint density at radius 3 is 1.55 bits per heavy atom. The first-order valence-corrected chi connectivity index (χ1v) is 7.77. The van der Waals surface area contributed by atoms with Gasteiger partial charge in [0.2, 0.25) is 0 Å². The molecule has 0 spiro atoms. The molecule has 8 heteroatoms. The first-order valence-electron chi connectivity index (χ1n) is 6.19. The van der Waals surface area contributed by atoms with Gasteiger partial charge in [-0.15, -0.1) is 0 Å². The second kappa shape index (κ2) is 6.53. The molecule has 0 aromatic heterocycles. The highest BCUT2D eigenvalue weighted by atomic mass is 79.9. The maximum Gasteiger partial charge on any atom is 0.283 e. The number of rotatable bonds is 4. The summed E-state index contributed by atoms with van der Waals surface area (Å²) in [6, 6.07) is 9.69. The molecule has 0 atom stereocenters. The minimum Gasteiger partial charge on any atom is -0.258 e. The fourth-order valence-corrected chi connectivity index (χ4v) is 2.85. The van der Waals surface area contributed by atoms with E-state index in [9.17, 15) is 20.2 Å². The molecule has 0 fully saturated rings. The lowest BCUT2D eigenvalue weighted by Gasteiger charge is -2.13. The van der Waals surface area contributed by atoms with Crippen LogP contribution in [-0.4, -0.2) is 9.85 Å². The molecule has 0 aliphatic carbocycles. The highest BCUT2D eigenvalue weighted by Crippen LogP contribution is 2.34. The molecule has 0 heterocycles. The molecule has 2 aromatic rings. The van der Waals surface area contributed by atoms with E-state index in [2.05, 4.69) is 31.9 Å². The predicted molar refractivity (Wildman–Crippen MR) is 89.1 cm³/mol. The Kier molecular flexibility index (Phi) is 4.92. The Morgan fingerprint density at radius 1 is 0.864 bits per heavy atom. The number of benzene rings is 2. The van der Waals surface area contributed by atoms with Crippen LogP contribution in [0.5, 0.6) is 0 Å². The van der Waals surface area contributed by atoms with Gasteiger partial charge in [0.25, 0.3) is 11.4 Å². The van der Waals surface area contributed by atoms with Crippen molar-refractivity contribution in [2.45, 2.75) is 12.8 Å². The minimum absolute atomic E-state index is 0.0315. The molecule has 2 aromatic carbocycles. The lowest BCUT2D eigenvalue weighted by Crippen LogP contribution is -2.00. The van der Waals surface area contributed by atoms with E-state index in [1.807, 2.05) is 6.92 Å². The number of nitro benzene ring substituents is 2. The van der Waals surface area contributed by atoms with Crippen LogP contribution in [0.2, 0.25) is 0 Å². The van der Waals surface area contributed by atoms with Crippen molar-refractivity contribution in [2.75, 3.05) is 0 Å². The van der Waals surface area contributed by atoms with Crippen LogP contribution in [0.4, 0.5) is 11.4 Å². The predicted octanol–water partition coefficient (Wildman–Crippen LogP) is 5.18. The van der Waals surface area contributed by atoms with Crippen LogP contribution < -0.4 is 0 Å². The van der Waals surface area contributed by atoms with Crippen molar-refractivity contribution in [1.82, 2.24) is 0 Å². The fourth-order valence-electron chi connectivity index (χ4n) is 2.07. The number of nitrogens with zero attached hydrogens (tertiary/aromatic N) is 2. The zero-order valence-electron chi connectivity index (χ0n) is 11.3. The van der Waals surface area contributed by atoms with Gasteiger partial charge in [-0.25, -0.2) is 0 Å². The average molecular weight is 430 g/mol. The van der Waals surface area contributed by atoms with Gasteiger partial charge >= 0.3 is 0 Å². The van der Waals surface area contributed by atoms with Gasteiger partial charge in [-0.2, -0.15) is 0 Å². The largest absolute Gasteiger partial charge is 0.283 e. The van der Waals surface area contributed by atoms with Gasteiger partial charge in [0, 0.05) is 18.1 Å². The lowest BCUT2D eigenvalue weighted by molar-refractivity contribution is -0.385. The Hall–Kier alpha value is -1.80. The third-order valence-electron chi connectivity index (χ3n) is 3.33. The van der Waals surface area contributed by atoms with Crippen LogP contribution in [0.15, 0.2) is 45.3 Å². The van der Waals surface area contributed by atoms with Gasteiger partial charge < -0.3 is 0 Å². The van der Waals surface area contributed by atoms with E-state index in [4.69, 9.17) is 0 Å². The van der Waals surface area contributed by atoms with Crippen LogP contribution in [0.25, 0.3) is 0 Å². The van der Waals surface area contributed by atoms with Crippen molar-refractivity contribution >= 4 is 43.2 Å². The SMILES string of the molecule is CC(c1ccc(Br)c([N+](=O)[O-])c1)c1ccc(Br)c([N+](=O)[O-])c1. The monoisotopic (exact) mass is 428 g/mol. The summed E-state index contributed by atoms with van der Waals surface area (Å²) in [5.74, 6) is -0.210. The van der Waals surface area contributed by atoms with Crippen LogP contribution in [0.1, 0.15) is 24.0 Å². The van der Waals surface area contributed by atoms with Gasteiger partial charge in [-0.3, -0.25) is 20.2 Å². The highest BCUT2D eigenvalue weighted by molar-refractivity contribution is 9.11. The van der Waals surface area contributed by atoms with E-state index < -0.39 is 9.85 Å². The summed E-state index contributed by atoms with van der Waals surface area (Å²) < 4.78 is 0.797. The van der Waals surface area contributed by atoms with Crippen molar-refractivity contribution in [3.63, 3.8) is 0 Å². The summed E-state index contributed by atoms with van der Waals surface area (Å²) in [6.07, 6.45) is 0. The maximum atomic E-state index is 11.0. The summed E-state index contributed by atoms with van der Waals surface area (Å²) in [4.78, 5) is 21.1. The Morgan fingerprint density at radius 2 is 1.23 bits per heavy atom. The number of halogens is 2. The van der Waals surface area contributed by atoms with E-state index >= 15 is 0 Å². The molecule has 0 N–H and O–H groups in total. The van der Waals surface area contributed by atoms with Crippen LogP contribution in [-0.2, 0) is 0 Å². The molecule has 22 heavy (non-hydrogen) atoms. The number of nitro groups is 2. The molecule has 0 amide bonds. The Balaban J connectivity index is 2.46. The standard InChI is InChI=1S/C14H10Br2N2O4/c1-8(9-2-4-11(15)13(6-9)17(19)20)10-3-5-12(16)14(7-10)18(21)22/h2-8H,1H3. The van der Waals surface area contributed by atoms with Crippen molar-refractivity contribution in [3.05, 3.63) is 76.7 Å². The molecular weight excluding hydrogens is 420 g/mol. The maximum absolute atomic E-state index is 11.0. The van der Waals surface area contributed by atoms with Gasteiger partial charge in [0.05, 0.1) is 18.8 Å². The fraction of sp³-hybridized carbons (Fsp3) is 0.143. The molecule has 2 rings (SSSR count). The van der Waals surface area contributed by atoms with Gasteiger partial charge in [0.15, 0.2) is 0 Å². The van der Waals surface area contributed by atoms with Crippen LogP contribution in [0, 0.1) is 20.2 Å². The molecule has 0 bridgehead atoms. The summed E-state index contributed by atoms with van der Waals surface area (Å²) in [7, 11) is 0. The van der Waals surface area contributed by atoms with E-state index in [1.54, 1.807) is 24.3 Å². The topological polar surface area (TPSA) is 86.3 Å². The number of hydrogen-bond acceptors (Lipinski definition) is 4. The minimum atomic E-state index is -0.468. The van der Waals surface area contributed by atoms with Crippen molar-refractivity contribution in [2.24, 2.45) is 0 Å². The zero-order chi connectivity index (χ0) is 16.4. The smallest absolute Gasteiger partial charge is 0.258 e. The molecule has 0 saturated heterocycles. The van der Waals surface area contributed by atoms with Crippen molar-refractivity contribution < 1.29 is 9.85 Å². The second-order valence-corrected chi connectivity index (χ2v) is 6.37. The Labute approximate surface area is 142 Å². The second-order valence-electron chi connectivity index (χ2n) is 4.66. The first-order chi connectivity index (χ1) is 10.3. The molecular formula is C14H10Br2N2O4. The van der Waals surface area contributed by atoms with Crippen molar-refractivity contribution in [3.8, 4) is 0 Å². The van der Waals surface area contributed by atoms with Crippen LogP contribution in [0.3, 0.4) is 0 Å². The average Bonchev–Trinajstić information content (AvgIpc) is 2.47. The zero-order valence-corrected chi connectivity index (χ0v) is 14.5.